The molecule has 1 saturated heterocycles. The highest BCUT2D eigenvalue weighted by Crippen LogP contribution is 2.29. The maximum absolute atomic E-state index is 12.8. The molecule has 0 aromatic heterocycles. The van der Waals surface area contributed by atoms with Gasteiger partial charge in [-0.25, -0.2) is 0 Å². The van der Waals surface area contributed by atoms with Gasteiger partial charge in [0.25, 0.3) is 0 Å². The predicted octanol–water partition coefficient (Wildman–Crippen LogP) is 2.58. The van der Waals surface area contributed by atoms with E-state index in [9.17, 15) is 18.0 Å². The Morgan fingerprint density at radius 3 is 2.52 bits per heavy atom. The van der Waals surface area contributed by atoms with Crippen molar-refractivity contribution in [2.45, 2.75) is 26.1 Å². The zero-order valence-electron chi connectivity index (χ0n) is 11.9. The lowest BCUT2D eigenvalue weighted by Gasteiger charge is -2.32. The number of carbonyl (C=O) groups is 1. The number of rotatable bonds is 4. The zero-order chi connectivity index (χ0) is 15.5. The monoisotopic (exact) mass is 300 g/mol. The van der Waals surface area contributed by atoms with E-state index in [-0.39, 0.29) is 6.54 Å². The van der Waals surface area contributed by atoms with Crippen LogP contribution in [0.15, 0.2) is 30.3 Å². The molecular formula is C15H19F3N2O. The molecule has 1 heterocycles. The van der Waals surface area contributed by atoms with Crippen molar-refractivity contribution in [3.63, 3.8) is 0 Å². The first-order valence-corrected chi connectivity index (χ1v) is 6.91. The Balaban J connectivity index is 2.17. The van der Waals surface area contributed by atoms with Gasteiger partial charge in [0.15, 0.2) is 0 Å². The van der Waals surface area contributed by atoms with Gasteiger partial charge in [-0.3, -0.25) is 4.79 Å². The van der Waals surface area contributed by atoms with Gasteiger partial charge in [0.1, 0.15) is 6.54 Å². The number of halogens is 3. The lowest BCUT2D eigenvalue weighted by atomic mass is 9.88. The molecule has 1 unspecified atom stereocenters. The van der Waals surface area contributed by atoms with Crippen LogP contribution in [-0.4, -0.2) is 36.6 Å². The standard InChI is InChI=1S/C15H19F3N2O/c1-14(7-8-19-10-14)13(21)20(11-15(16,17)18)9-12-5-3-2-4-6-12/h2-6,19H,7-11H2,1H3. The van der Waals surface area contributed by atoms with E-state index in [1.165, 1.54) is 0 Å². The summed E-state index contributed by atoms with van der Waals surface area (Å²) in [5, 5.41) is 3.05. The molecule has 0 saturated carbocycles. The van der Waals surface area contributed by atoms with Crippen molar-refractivity contribution in [3.8, 4) is 0 Å². The van der Waals surface area contributed by atoms with Crippen LogP contribution in [0.5, 0.6) is 0 Å². The van der Waals surface area contributed by atoms with E-state index in [2.05, 4.69) is 5.32 Å². The lowest BCUT2D eigenvalue weighted by Crippen LogP contribution is -2.46. The topological polar surface area (TPSA) is 32.3 Å². The van der Waals surface area contributed by atoms with Gasteiger partial charge in [0.05, 0.1) is 5.41 Å². The third-order valence-corrected chi connectivity index (χ3v) is 3.76. The summed E-state index contributed by atoms with van der Waals surface area (Å²) in [6.07, 6.45) is -3.83. The van der Waals surface area contributed by atoms with Gasteiger partial charge in [0, 0.05) is 13.1 Å². The summed E-state index contributed by atoms with van der Waals surface area (Å²) in [7, 11) is 0. The summed E-state index contributed by atoms with van der Waals surface area (Å²) in [6, 6.07) is 8.76. The van der Waals surface area contributed by atoms with Crippen molar-refractivity contribution in [2.75, 3.05) is 19.6 Å². The van der Waals surface area contributed by atoms with Crippen molar-refractivity contribution in [1.82, 2.24) is 10.2 Å². The molecule has 6 heteroatoms. The molecule has 116 valence electrons. The SMILES string of the molecule is CC1(C(=O)N(Cc2ccccc2)CC(F)(F)F)CCNC1. The summed E-state index contributed by atoms with van der Waals surface area (Å²) in [5.41, 5.74) is -0.0512. The second-order valence-electron chi connectivity index (χ2n) is 5.75. The third kappa shape index (κ3) is 4.20. The first kappa shape index (κ1) is 15.8. The normalized spacial score (nSPS) is 22.3. The molecule has 1 atom stereocenters. The van der Waals surface area contributed by atoms with Crippen molar-refractivity contribution in [1.29, 1.82) is 0 Å². The van der Waals surface area contributed by atoms with Crippen LogP contribution in [0, 0.1) is 5.41 Å². The van der Waals surface area contributed by atoms with Crippen molar-refractivity contribution < 1.29 is 18.0 Å². The van der Waals surface area contributed by atoms with Gasteiger partial charge in [-0.05, 0) is 25.5 Å². The number of alkyl halides is 3. The number of carbonyl (C=O) groups excluding carboxylic acids is 1. The summed E-state index contributed by atoms with van der Waals surface area (Å²) >= 11 is 0. The van der Waals surface area contributed by atoms with E-state index in [1.54, 1.807) is 37.3 Å². The molecule has 2 rings (SSSR count). The largest absolute Gasteiger partial charge is 0.406 e. The Morgan fingerprint density at radius 1 is 1.33 bits per heavy atom. The fraction of sp³-hybridized carbons (Fsp3) is 0.533. The highest BCUT2D eigenvalue weighted by atomic mass is 19.4. The van der Waals surface area contributed by atoms with E-state index in [0.717, 1.165) is 4.90 Å². The molecule has 1 aromatic rings. The second kappa shape index (κ2) is 6.05. The van der Waals surface area contributed by atoms with Crippen LogP contribution in [0.3, 0.4) is 0 Å². The Hall–Kier alpha value is -1.56. The predicted molar refractivity (Wildman–Crippen MR) is 73.5 cm³/mol. The van der Waals surface area contributed by atoms with E-state index in [4.69, 9.17) is 0 Å². The molecule has 1 fully saturated rings. The molecule has 0 radical (unpaired) electrons. The first-order valence-electron chi connectivity index (χ1n) is 6.91. The maximum atomic E-state index is 12.8. The number of amides is 1. The van der Waals surface area contributed by atoms with E-state index in [0.29, 0.717) is 25.1 Å². The van der Waals surface area contributed by atoms with Crippen LogP contribution >= 0.6 is 0 Å². The second-order valence-corrected chi connectivity index (χ2v) is 5.75. The van der Waals surface area contributed by atoms with Gasteiger partial charge in [-0.1, -0.05) is 30.3 Å². The van der Waals surface area contributed by atoms with Crippen LogP contribution in [0.25, 0.3) is 0 Å². The van der Waals surface area contributed by atoms with Crippen molar-refractivity contribution >= 4 is 5.91 Å². The van der Waals surface area contributed by atoms with Gasteiger partial charge in [-0.15, -0.1) is 0 Å². The number of hydrogen-bond donors (Lipinski definition) is 1. The maximum Gasteiger partial charge on any atom is 0.406 e. The summed E-state index contributed by atoms with van der Waals surface area (Å²) in [6.45, 7) is 1.58. The molecule has 0 spiro atoms. The Bertz CT molecular complexity index is 481. The van der Waals surface area contributed by atoms with E-state index in [1.807, 2.05) is 0 Å². The lowest BCUT2D eigenvalue weighted by molar-refractivity contribution is -0.168. The van der Waals surface area contributed by atoms with Crippen LogP contribution < -0.4 is 5.32 Å². The molecule has 1 N–H and O–H groups in total. The van der Waals surface area contributed by atoms with Crippen molar-refractivity contribution in [2.24, 2.45) is 5.41 Å². The highest BCUT2D eigenvalue weighted by Gasteiger charge is 2.42. The zero-order valence-corrected chi connectivity index (χ0v) is 11.9. The highest BCUT2D eigenvalue weighted by molar-refractivity contribution is 5.83. The molecule has 1 aliphatic heterocycles. The minimum Gasteiger partial charge on any atom is -0.329 e. The van der Waals surface area contributed by atoms with Gasteiger partial charge in [0.2, 0.25) is 5.91 Å². The van der Waals surface area contributed by atoms with Gasteiger partial charge in [-0.2, -0.15) is 13.2 Å². The van der Waals surface area contributed by atoms with E-state index < -0.39 is 24.0 Å². The third-order valence-electron chi connectivity index (χ3n) is 3.76. The molecule has 1 aromatic carbocycles. The number of hydrogen-bond acceptors (Lipinski definition) is 2. The van der Waals surface area contributed by atoms with Gasteiger partial charge >= 0.3 is 6.18 Å². The average molecular weight is 300 g/mol. The van der Waals surface area contributed by atoms with Crippen LogP contribution in [-0.2, 0) is 11.3 Å². The Labute approximate surface area is 122 Å². The molecule has 1 amide bonds. The minimum absolute atomic E-state index is 0.0191. The number of benzene rings is 1. The Morgan fingerprint density at radius 2 is 2.00 bits per heavy atom. The number of nitrogens with one attached hydrogen (secondary N) is 1. The summed E-state index contributed by atoms with van der Waals surface area (Å²) in [4.78, 5) is 13.5. The summed E-state index contributed by atoms with van der Waals surface area (Å²) < 4.78 is 38.3. The molecule has 1 aliphatic rings. The quantitative estimate of drug-likeness (QED) is 0.927. The van der Waals surface area contributed by atoms with Crippen LogP contribution in [0.4, 0.5) is 13.2 Å². The van der Waals surface area contributed by atoms with Crippen LogP contribution in [0.1, 0.15) is 18.9 Å². The van der Waals surface area contributed by atoms with Gasteiger partial charge < -0.3 is 10.2 Å². The molecule has 21 heavy (non-hydrogen) atoms. The molecule has 0 aliphatic carbocycles. The first-order chi connectivity index (χ1) is 9.80. The fourth-order valence-corrected chi connectivity index (χ4v) is 2.60. The molecular weight excluding hydrogens is 281 g/mol. The number of nitrogens with zero attached hydrogens (tertiary/aromatic N) is 1. The van der Waals surface area contributed by atoms with Crippen LogP contribution in [0.2, 0.25) is 0 Å². The fourth-order valence-electron chi connectivity index (χ4n) is 2.60. The Kier molecular flexibility index (Phi) is 4.56. The average Bonchev–Trinajstić information content (AvgIpc) is 2.85. The summed E-state index contributed by atoms with van der Waals surface area (Å²) in [5.74, 6) is -0.436. The molecule has 3 nitrogen and oxygen atoms in total. The minimum atomic E-state index is -4.40. The molecule has 0 bridgehead atoms. The smallest absolute Gasteiger partial charge is 0.329 e. The van der Waals surface area contributed by atoms with E-state index >= 15 is 0 Å². The van der Waals surface area contributed by atoms with Crippen molar-refractivity contribution in [3.05, 3.63) is 35.9 Å².